The Hall–Kier alpha value is -3.73. The molecule has 37 heavy (non-hydrogen) atoms. The van der Waals surface area contributed by atoms with Gasteiger partial charge in [-0.2, -0.15) is 8.78 Å². The molecule has 0 aliphatic carbocycles. The van der Waals surface area contributed by atoms with Gasteiger partial charge in [0.15, 0.2) is 6.61 Å². The molecule has 0 spiro atoms. The molecule has 0 aliphatic rings. The number of esters is 1. The van der Waals surface area contributed by atoms with Crippen molar-refractivity contribution in [3.8, 4) is 5.75 Å². The van der Waals surface area contributed by atoms with Gasteiger partial charge in [0, 0.05) is 6.54 Å². The summed E-state index contributed by atoms with van der Waals surface area (Å²) >= 11 is 0. The lowest BCUT2D eigenvalue weighted by molar-refractivity contribution is -0.167. The molecule has 0 fully saturated rings. The lowest BCUT2D eigenvalue weighted by Gasteiger charge is -2.30. The highest BCUT2D eigenvalue weighted by molar-refractivity contribution is 5.84. The van der Waals surface area contributed by atoms with Crippen molar-refractivity contribution in [1.29, 1.82) is 0 Å². The Balaban J connectivity index is 2.17. The number of amides is 2. The molecule has 2 aromatic carbocycles. The molecule has 2 atom stereocenters. The maximum Gasteiger partial charge on any atom is 0.407 e. The Labute approximate surface area is 214 Å². The molecule has 11 heteroatoms. The molecule has 0 heterocycles. The van der Waals surface area contributed by atoms with Gasteiger partial charge in [-0.3, -0.25) is 4.79 Å². The van der Waals surface area contributed by atoms with Gasteiger partial charge in [0.25, 0.3) is 5.91 Å². The van der Waals surface area contributed by atoms with E-state index in [1.54, 1.807) is 51.1 Å². The number of halogens is 2. The van der Waals surface area contributed by atoms with Gasteiger partial charge in [-0.1, -0.05) is 42.5 Å². The zero-order valence-electron chi connectivity index (χ0n) is 21.1. The van der Waals surface area contributed by atoms with Crippen LogP contribution in [0.1, 0.15) is 31.9 Å². The standard InChI is InChI=1S/C26H32F2N2O7/c1-25(2,3)37-24(34)30-20(14-17-10-12-19(13-11-17)36-16-21(31)35-4)22(32)26(27,28)23(33)29-15-18-8-6-5-7-9-18/h5-13,20,22,32H,14-16H2,1-4H3,(H,29,33)(H,30,34)/t20?,22-/m0/s1. The largest absolute Gasteiger partial charge is 0.482 e. The van der Waals surface area contributed by atoms with Gasteiger partial charge in [0.2, 0.25) is 0 Å². The van der Waals surface area contributed by atoms with Crippen LogP contribution >= 0.6 is 0 Å². The average molecular weight is 523 g/mol. The fourth-order valence-corrected chi connectivity index (χ4v) is 3.16. The Kier molecular flexibility index (Phi) is 10.4. The molecule has 0 radical (unpaired) electrons. The Morgan fingerprint density at radius 1 is 0.973 bits per heavy atom. The van der Waals surface area contributed by atoms with Gasteiger partial charge >= 0.3 is 18.0 Å². The van der Waals surface area contributed by atoms with Crippen LogP contribution in [0.2, 0.25) is 0 Å². The molecule has 1 unspecified atom stereocenters. The summed E-state index contributed by atoms with van der Waals surface area (Å²) in [6, 6.07) is 12.8. The average Bonchev–Trinajstić information content (AvgIpc) is 2.85. The molecule has 0 aliphatic heterocycles. The Morgan fingerprint density at radius 3 is 2.16 bits per heavy atom. The van der Waals surface area contributed by atoms with Crippen LogP contribution in [-0.4, -0.2) is 60.5 Å². The summed E-state index contributed by atoms with van der Waals surface area (Å²) < 4.78 is 44.9. The lowest BCUT2D eigenvalue weighted by atomic mass is 9.96. The van der Waals surface area contributed by atoms with E-state index in [1.165, 1.54) is 31.4 Å². The van der Waals surface area contributed by atoms with E-state index >= 15 is 8.78 Å². The maximum atomic E-state index is 15.0. The molecule has 2 rings (SSSR count). The molecule has 2 aromatic rings. The van der Waals surface area contributed by atoms with Crippen LogP contribution in [0.25, 0.3) is 0 Å². The summed E-state index contributed by atoms with van der Waals surface area (Å²) in [4.78, 5) is 35.9. The number of carbonyl (C=O) groups is 3. The number of hydrogen-bond acceptors (Lipinski definition) is 7. The number of benzene rings is 2. The normalized spacial score (nSPS) is 13.2. The first-order valence-electron chi connectivity index (χ1n) is 11.5. The molecule has 0 saturated heterocycles. The van der Waals surface area contributed by atoms with Gasteiger partial charge in [0.05, 0.1) is 13.2 Å². The molecule has 2 amide bonds. The third kappa shape index (κ3) is 9.68. The van der Waals surface area contributed by atoms with Crippen molar-refractivity contribution in [3.05, 3.63) is 65.7 Å². The van der Waals surface area contributed by atoms with Crippen LogP contribution in [0.5, 0.6) is 5.75 Å². The van der Waals surface area contributed by atoms with Crippen molar-refractivity contribution in [3.63, 3.8) is 0 Å². The Morgan fingerprint density at radius 2 is 1.59 bits per heavy atom. The summed E-state index contributed by atoms with van der Waals surface area (Å²) in [6.45, 7) is 4.30. The van der Waals surface area contributed by atoms with E-state index in [0.717, 1.165) is 0 Å². The summed E-state index contributed by atoms with van der Waals surface area (Å²) in [5.41, 5.74) is 0.110. The van der Waals surface area contributed by atoms with Gasteiger partial charge in [-0.25, -0.2) is 9.59 Å². The number of methoxy groups -OCH3 is 1. The number of alkyl halides is 2. The van der Waals surface area contributed by atoms with Gasteiger partial charge in [0.1, 0.15) is 17.5 Å². The number of alkyl carbamates (subject to hydrolysis) is 1. The van der Waals surface area contributed by atoms with E-state index in [0.29, 0.717) is 16.9 Å². The highest BCUT2D eigenvalue weighted by atomic mass is 19.3. The second-order valence-corrected chi connectivity index (χ2v) is 9.20. The first-order chi connectivity index (χ1) is 17.3. The highest BCUT2D eigenvalue weighted by Crippen LogP contribution is 2.25. The number of aliphatic hydroxyl groups excluding tert-OH is 1. The number of nitrogens with one attached hydrogen (secondary N) is 2. The van der Waals surface area contributed by atoms with Crippen molar-refractivity contribution in [1.82, 2.24) is 10.6 Å². The second-order valence-electron chi connectivity index (χ2n) is 9.20. The molecule has 3 N–H and O–H groups in total. The smallest absolute Gasteiger partial charge is 0.407 e. The van der Waals surface area contributed by atoms with Crippen molar-refractivity contribution in [2.24, 2.45) is 0 Å². The zero-order valence-corrected chi connectivity index (χ0v) is 21.1. The number of aliphatic hydroxyl groups is 1. The van der Waals surface area contributed by atoms with Crippen LogP contribution in [0.3, 0.4) is 0 Å². The van der Waals surface area contributed by atoms with Crippen LogP contribution in [0.15, 0.2) is 54.6 Å². The van der Waals surface area contributed by atoms with Gasteiger partial charge < -0.3 is 30.0 Å². The van der Waals surface area contributed by atoms with E-state index in [1.807, 2.05) is 0 Å². The van der Waals surface area contributed by atoms with Crippen LogP contribution in [0, 0.1) is 0 Å². The monoisotopic (exact) mass is 522 g/mol. The molecule has 202 valence electrons. The minimum atomic E-state index is -4.24. The van der Waals surface area contributed by atoms with E-state index in [4.69, 9.17) is 9.47 Å². The minimum absolute atomic E-state index is 0.167. The SMILES string of the molecule is COC(=O)COc1ccc(CC(NC(=O)OC(C)(C)C)[C@H](O)C(F)(F)C(=O)NCc2ccccc2)cc1. The van der Waals surface area contributed by atoms with Crippen molar-refractivity contribution in [2.45, 2.75) is 57.4 Å². The van der Waals surface area contributed by atoms with Gasteiger partial charge in [-0.15, -0.1) is 0 Å². The Bertz CT molecular complexity index is 1040. The van der Waals surface area contributed by atoms with Crippen molar-refractivity contribution in [2.75, 3.05) is 13.7 Å². The summed E-state index contributed by atoms with van der Waals surface area (Å²) in [5, 5.41) is 15.0. The second kappa shape index (κ2) is 13.0. The first kappa shape index (κ1) is 29.5. The highest BCUT2D eigenvalue weighted by Gasteiger charge is 2.50. The zero-order chi connectivity index (χ0) is 27.6. The van der Waals surface area contributed by atoms with Crippen LogP contribution < -0.4 is 15.4 Å². The molecular weight excluding hydrogens is 490 g/mol. The summed E-state index contributed by atoms with van der Waals surface area (Å²) in [5.74, 6) is -6.19. The number of carbonyl (C=O) groups excluding carboxylic acids is 3. The van der Waals surface area contributed by atoms with E-state index in [2.05, 4.69) is 15.4 Å². The number of hydrogen-bond donors (Lipinski definition) is 3. The van der Waals surface area contributed by atoms with E-state index in [-0.39, 0.29) is 19.6 Å². The molecule has 9 nitrogen and oxygen atoms in total. The third-order valence-electron chi connectivity index (χ3n) is 5.02. The summed E-state index contributed by atoms with van der Waals surface area (Å²) in [7, 11) is 1.22. The first-order valence-corrected chi connectivity index (χ1v) is 11.5. The number of rotatable bonds is 11. The minimum Gasteiger partial charge on any atom is -0.482 e. The maximum absolute atomic E-state index is 15.0. The fourth-order valence-electron chi connectivity index (χ4n) is 3.16. The molecule has 0 aromatic heterocycles. The van der Waals surface area contributed by atoms with Crippen LogP contribution in [-0.2, 0) is 32.0 Å². The topological polar surface area (TPSA) is 123 Å². The number of ether oxygens (including phenoxy) is 3. The third-order valence-corrected chi connectivity index (χ3v) is 5.02. The molecule has 0 saturated carbocycles. The van der Waals surface area contributed by atoms with Gasteiger partial charge in [-0.05, 0) is 50.5 Å². The predicted molar refractivity (Wildman–Crippen MR) is 130 cm³/mol. The quantitative estimate of drug-likeness (QED) is 0.388. The fraction of sp³-hybridized carbons (Fsp3) is 0.423. The van der Waals surface area contributed by atoms with E-state index in [9.17, 15) is 19.5 Å². The summed E-state index contributed by atoms with van der Waals surface area (Å²) in [6.07, 6.45) is -3.87. The molecule has 0 bridgehead atoms. The predicted octanol–water partition coefficient (Wildman–Crippen LogP) is 2.99. The lowest BCUT2D eigenvalue weighted by Crippen LogP contribution is -2.58. The van der Waals surface area contributed by atoms with Crippen LogP contribution in [0.4, 0.5) is 13.6 Å². The van der Waals surface area contributed by atoms with E-state index < -0.39 is 41.6 Å². The van der Waals surface area contributed by atoms with Crippen molar-refractivity contribution >= 4 is 18.0 Å². The van der Waals surface area contributed by atoms with Crippen molar-refractivity contribution < 1.29 is 42.5 Å². The molecular formula is C26H32F2N2O7.